The Kier molecular flexibility index (Phi) is 13.5. The van der Waals surface area contributed by atoms with Gasteiger partial charge in [-0.3, -0.25) is 14.8 Å². The van der Waals surface area contributed by atoms with Gasteiger partial charge in [0.25, 0.3) is 6.01 Å². The molecule has 17 nitrogen and oxygen atoms in total. The molecule has 0 aliphatic carbocycles. The summed E-state index contributed by atoms with van der Waals surface area (Å²) < 4.78 is 62.1. The minimum Gasteiger partial charge on any atom is -0.508 e. The number of aromatic nitrogens is 6. The first-order valence-corrected chi connectivity index (χ1v) is 26.1. The highest BCUT2D eigenvalue weighted by atomic mass is 35.5. The maximum atomic E-state index is 17.1. The van der Waals surface area contributed by atoms with Crippen molar-refractivity contribution in [3.8, 4) is 58.4 Å². The molecule has 12 rings (SSSR count). The second kappa shape index (κ2) is 20.6. The second-order valence-electron chi connectivity index (χ2n) is 20.6. The van der Waals surface area contributed by atoms with Crippen LogP contribution in [0, 0.1) is 29.4 Å². The zero-order valence-corrected chi connectivity index (χ0v) is 41.9. The molecule has 5 aliphatic rings. The van der Waals surface area contributed by atoms with Gasteiger partial charge < -0.3 is 49.5 Å². The number of terminal acetylenes is 1. The number of ether oxygens (including phenoxy) is 5. The lowest BCUT2D eigenvalue weighted by molar-refractivity contribution is 0.00706. The number of phenols is 1. The van der Waals surface area contributed by atoms with E-state index in [4.69, 9.17) is 57.4 Å². The SMILES string of the molecule is C#Cc1c(F)ccc2cc(O)cc(-c3ncc4c(N5CCCC[C@@H](N)C5)nc(OCCN5CC[C@@]6(CCCN(CCOc7ccc(-c8nc9nc(O[C@@H]%10CO[C@H]%11[C@@H]%10OC[C@H]%11O)[nH]c9cc8Cl)cc7)C6)C5)nc4c3F)c12. The Morgan fingerprint density at radius 2 is 1.71 bits per heavy atom. The van der Waals surface area contributed by atoms with Crippen LogP contribution in [0.3, 0.4) is 0 Å². The summed E-state index contributed by atoms with van der Waals surface area (Å²) in [6, 6.07) is 15.2. The normalized spacial score (nSPS) is 24.3. The van der Waals surface area contributed by atoms with Crippen molar-refractivity contribution in [1.82, 2.24) is 39.7 Å². The Morgan fingerprint density at radius 3 is 2.55 bits per heavy atom. The summed E-state index contributed by atoms with van der Waals surface area (Å²) >= 11 is 6.73. The maximum Gasteiger partial charge on any atom is 0.319 e. The number of benzene rings is 3. The Morgan fingerprint density at radius 1 is 0.893 bits per heavy atom. The summed E-state index contributed by atoms with van der Waals surface area (Å²) in [6.45, 7) is 7.77. The molecule has 0 radical (unpaired) electrons. The van der Waals surface area contributed by atoms with Gasteiger partial charge in [-0.1, -0.05) is 30.0 Å². The van der Waals surface area contributed by atoms with Crippen molar-refractivity contribution < 1.29 is 42.7 Å². The molecule has 0 unspecified atom stereocenters. The summed E-state index contributed by atoms with van der Waals surface area (Å²) in [7, 11) is 0. The first-order valence-electron chi connectivity index (χ1n) is 25.7. The third-order valence-electron chi connectivity index (χ3n) is 15.5. The standard InChI is InChI=1S/C55H57ClF2N10O7/c1-2-36-40(57)12-9-32-22-34(69)23-37(44(32)36)47-45(58)48-38(25-60-47)52(68-16-4-3-6-33(59)26-68)65-53(63-48)72-21-19-67-17-14-55(30-67)13-5-15-66(29-55)18-20-71-35-10-7-31(8-11-35)46-39(56)24-41-51(62-46)64-54(61-41)75-43-28-74-49-42(70)27-73-50(43)49/h1,7-12,22-25,33,42-43,49-50,69-70H,3-6,13-21,26-30,59H2,(H,61,62,64)/t33-,42-,43-,49-,50-,55-/m1/s1. The molecule has 390 valence electrons. The summed E-state index contributed by atoms with van der Waals surface area (Å²) in [5, 5.41) is 22.3. The first-order chi connectivity index (χ1) is 36.5. The molecule has 75 heavy (non-hydrogen) atoms. The zero-order chi connectivity index (χ0) is 51.4. The summed E-state index contributed by atoms with van der Waals surface area (Å²) in [4.78, 5) is 33.4. The van der Waals surface area contributed by atoms with E-state index in [1.165, 1.54) is 30.5 Å². The van der Waals surface area contributed by atoms with Crippen LogP contribution in [0.5, 0.6) is 23.5 Å². The van der Waals surface area contributed by atoms with Gasteiger partial charge >= 0.3 is 6.01 Å². The minimum atomic E-state index is -0.770. The van der Waals surface area contributed by atoms with Crippen molar-refractivity contribution in [3.05, 3.63) is 83.0 Å². The van der Waals surface area contributed by atoms with Gasteiger partial charge in [0.2, 0.25) is 0 Å². The molecular formula is C55H57ClF2N10O7. The van der Waals surface area contributed by atoms with Crippen LogP contribution >= 0.6 is 11.6 Å². The number of aliphatic hydroxyl groups is 1. The maximum absolute atomic E-state index is 17.1. The van der Waals surface area contributed by atoms with Crippen LogP contribution in [0.2, 0.25) is 5.02 Å². The highest BCUT2D eigenvalue weighted by Crippen LogP contribution is 2.41. The fourth-order valence-corrected chi connectivity index (χ4v) is 12.1. The average molecular weight is 1040 g/mol. The zero-order valence-electron chi connectivity index (χ0n) is 41.2. The Hall–Kier alpha value is -6.50. The Balaban J connectivity index is 0.675. The van der Waals surface area contributed by atoms with E-state index >= 15 is 8.78 Å². The highest BCUT2D eigenvalue weighted by molar-refractivity contribution is 6.33. The van der Waals surface area contributed by atoms with Gasteiger partial charge in [-0.2, -0.15) is 15.0 Å². The van der Waals surface area contributed by atoms with E-state index in [9.17, 15) is 10.2 Å². The number of nitrogens with one attached hydrogen (secondary N) is 1. The molecule has 0 bridgehead atoms. The number of likely N-dealkylation sites (tertiary alicyclic amines) is 2. The number of nitrogens with zero attached hydrogens (tertiary/aromatic N) is 8. The van der Waals surface area contributed by atoms with Crippen molar-refractivity contribution in [2.24, 2.45) is 11.1 Å². The molecule has 0 amide bonds. The first kappa shape index (κ1) is 49.4. The van der Waals surface area contributed by atoms with Gasteiger partial charge in [0.1, 0.15) is 65.9 Å². The second-order valence-corrected chi connectivity index (χ2v) is 21.0. The third kappa shape index (κ3) is 9.85. The molecule has 4 aromatic heterocycles. The van der Waals surface area contributed by atoms with E-state index in [-0.39, 0.29) is 82.9 Å². The van der Waals surface area contributed by atoms with Crippen molar-refractivity contribution in [3.63, 3.8) is 0 Å². The number of aliphatic hydroxyl groups excluding tert-OH is 1. The van der Waals surface area contributed by atoms with Crippen LogP contribution in [0.25, 0.3) is 55.4 Å². The molecule has 5 fully saturated rings. The number of aromatic hydroxyl groups is 1. The van der Waals surface area contributed by atoms with E-state index in [1.807, 2.05) is 24.3 Å². The lowest BCUT2D eigenvalue weighted by Gasteiger charge is -2.40. The van der Waals surface area contributed by atoms with Crippen LogP contribution in [0.15, 0.2) is 60.8 Å². The van der Waals surface area contributed by atoms with Gasteiger partial charge in [-0.05, 0) is 105 Å². The molecule has 6 atom stereocenters. The highest BCUT2D eigenvalue weighted by Gasteiger charge is 2.49. The minimum absolute atomic E-state index is 0.0132. The third-order valence-corrected chi connectivity index (χ3v) is 15.7. The smallest absolute Gasteiger partial charge is 0.319 e. The molecule has 5 N–H and O–H groups in total. The number of fused-ring (bicyclic) bond motifs is 4. The van der Waals surface area contributed by atoms with Crippen molar-refractivity contribution in [1.29, 1.82) is 0 Å². The Bertz CT molecular complexity index is 3330. The van der Waals surface area contributed by atoms with Crippen molar-refractivity contribution in [2.45, 2.75) is 69.0 Å². The lowest BCUT2D eigenvalue weighted by atomic mass is 9.79. The van der Waals surface area contributed by atoms with Crippen molar-refractivity contribution >= 4 is 50.3 Å². The largest absolute Gasteiger partial charge is 0.508 e. The summed E-state index contributed by atoms with van der Waals surface area (Å²) in [5.41, 5.74) is 9.09. The van der Waals surface area contributed by atoms with Gasteiger partial charge in [0.05, 0.1) is 40.4 Å². The van der Waals surface area contributed by atoms with Gasteiger partial charge in [0, 0.05) is 68.0 Å². The number of halogens is 3. The molecule has 20 heteroatoms. The molecule has 5 saturated heterocycles. The molecule has 9 heterocycles. The average Bonchev–Trinajstić information content (AvgIpc) is 4.17. The van der Waals surface area contributed by atoms with Crippen LogP contribution in [0.4, 0.5) is 14.6 Å². The summed E-state index contributed by atoms with van der Waals surface area (Å²) in [5.74, 6) is 2.07. The fraction of sp³-hybridized carbons (Fsp3) is 0.436. The fourth-order valence-electron chi connectivity index (χ4n) is 11.8. The molecule has 1 spiro atoms. The topological polar surface area (TPSA) is 203 Å². The van der Waals surface area contributed by atoms with Crippen molar-refractivity contribution in [2.75, 3.05) is 83.7 Å². The van der Waals surface area contributed by atoms with Crippen LogP contribution in [-0.4, -0.2) is 159 Å². The number of pyridine rings is 2. The van der Waals surface area contributed by atoms with Gasteiger partial charge in [0.15, 0.2) is 17.6 Å². The monoisotopic (exact) mass is 1040 g/mol. The summed E-state index contributed by atoms with van der Waals surface area (Å²) in [6.07, 6.45) is 11.4. The number of aromatic amines is 1. The van der Waals surface area contributed by atoms with E-state index in [1.54, 1.807) is 6.07 Å². The number of H-pyrrole nitrogens is 1. The van der Waals surface area contributed by atoms with Crippen LogP contribution < -0.4 is 24.8 Å². The molecule has 3 aromatic carbocycles. The number of imidazole rings is 1. The van der Waals surface area contributed by atoms with Crippen LogP contribution in [-0.2, 0) is 9.47 Å². The van der Waals surface area contributed by atoms with Gasteiger partial charge in [-0.15, -0.1) is 6.42 Å². The van der Waals surface area contributed by atoms with E-state index in [0.29, 0.717) is 64.7 Å². The Labute approximate surface area is 436 Å². The predicted molar refractivity (Wildman–Crippen MR) is 278 cm³/mol. The van der Waals surface area contributed by atoms with E-state index < -0.39 is 29.9 Å². The molecular weight excluding hydrogens is 986 g/mol. The van der Waals surface area contributed by atoms with E-state index in [2.05, 4.69) is 40.6 Å². The number of phenolic OH excluding ortho intramolecular Hbond substituents is 1. The molecule has 0 saturated carbocycles. The number of anilines is 1. The quantitative estimate of drug-likeness (QED) is 0.0871. The number of hydrogen-bond donors (Lipinski definition) is 4. The lowest BCUT2D eigenvalue weighted by Crippen LogP contribution is -2.46. The van der Waals surface area contributed by atoms with E-state index in [0.717, 1.165) is 82.6 Å². The number of hydrogen-bond acceptors (Lipinski definition) is 16. The number of nitrogens with two attached hydrogens (primary N) is 1. The predicted octanol–water partition coefficient (Wildman–Crippen LogP) is 6.87. The number of rotatable bonds is 13. The van der Waals surface area contributed by atoms with Crippen LogP contribution in [0.1, 0.15) is 44.1 Å². The number of piperidine rings is 1. The van der Waals surface area contributed by atoms with Gasteiger partial charge in [-0.25, -0.2) is 13.8 Å². The molecule has 5 aliphatic heterocycles. The molecule has 7 aromatic rings.